The molecule has 0 aliphatic carbocycles. The smallest absolute Gasteiger partial charge is 0.276 e. The van der Waals surface area contributed by atoms with Gasteiger partial charge >= 0.3 is 0 Å². The van der Waals surface area contributed by atoms with Crippen LogP contribution in [0.4, 0.5) is 0 Å². The maximum absolute atomic E-state index is 13.1. The van der Waals surface area contributed by atoms with E-state index >= 15 is 0 Å². The normalized spacial score (nSPS) is 14.5. The van der Waals surface area contributed by atoms with Gasteiger partial charge in [0.25, 0.3) is 11.8 Å². The number of nitrogens with one attached hydrogen (secondary N) is 2. The predicted octanol–water partition coefficient (Wildman–Crippen LogP) is 1.73. The van der Waals surface area contributed by atoms with Crippen LogP contribution in [0, 0.1) is 13.8 Å². The van der Waals surface area contributed by atoms with Crippen LogP contribution < -0.4 is 15.6 Å². The molecule has 2 aromatic carbocycles. The van der Waals surface area contributed by atoms with Crippen molar-refractivity contribution in [3.63, 3.8) is 0 Å². The van der Waals surface area contributed by atoms with Gasteiger partial charge in [0.15, 0.2) is 6.61 Å². The van der Waals surface area contributed by atoms with Crippen LogP contribution in [-0.2, 0) is 26.0 Å². The molecule has 1 fully saturated rings. The molecule has 1 heterocycles. The number of rotatable bonds is 7. The third kappa shape index (κ3) is 5.89. The summed E-state index contributed by atoms with van der Waals surface area (Å²) >= 11 is 0. The number of sulfonamides is 1. The highest BCUT2D eigenvalue weighted by atomic mass is 32.2. The largest absolute Gasteiger partial charge is 0.483 e. The van der Waals surface area contributed by atoms with Gasteiger partial charge in [0, 0.05) is 18.7 Å². The minimum absolute atomic E-state index is 0.0873. The molecule has 0 bridgehead atoms. The van der Waals surface area contributed by atoms with E-state index in [4.69, 9.17) is 9.47 Å². The summed E-state index contributed by atoms with van der Waals surface area (Å²) in [5.41, 5.74) is 7.15. The summed E-state index contributed by atoms with van der Waals surface area (Å²) in [6.45, 7) is 6.51. The highest BCUT2D eigenvalue weighted by molar-refractivity contribution is 7.89. The van der Waals surface area contributed by atoms with E-state index in [1.807, 2.05) is 39.0 Å². The van der Waals surface area contributed by atoms with Crippen LogP contribution in [0.25, 0.3) is 0 Å². The Morgan fingerprint density at radius 2 is 1.73 bits per heavy atom. The monoisotopic (exact) mass is 475 g/mol. The molecule has 1 aliphatic rings. The minimum atomic E-state index is -3.77. The first-order valence-corrected chi connectivity index (χ1v) is 12.2. The first-order valence-electron chi connectivity index (χ1n) is 10.7. The van der Waals surface area contributed by atoms with E-state index < -0.39 is 21.8 Å². The number of hydrazine groups is 1. The van der Waals surface area contributed by atoms with E-state index in [-0.39, 0.29) is 30.2 Å². The van der Waals surface area contributed by atoms with Gasteiger partial charge in [-0.3, -0.25) is 20.4 Å². The fraction of sp³-hybridized carbons (Fsp3) is 0.391. The van der Waals surface area contributed by atoms with E-state index in [9.17, 15) is 18.0 Å². The molecule has 2 aromatic rings. The van der Waals surface area contributed by atoms with Crippen molar-refractivity contribution in [3.05, 3.63) is 58.7 Å². The summed E-state index contributed by atoms with van der Waals surface area (Å²) in [7, 11) is -3.77. The molecule has 0 aromatic heterocycles. The number of morpholine rings is 1. The van der Waals surface area contributed by atoms with Crippen molar-refractivity contribution in [2.24, 2.45) is 0 Å². The number of hydrogen-bond donors (Lipinski definition) is 2. The van der Waals surface area contributed by atoms with Gasteiger partial charge in [-0.1, -0.05) is 31.2 Å². The van der Waals surface area contributed by atoms with Gasteiger partial charge < -0.3 is 9.47 Å². The number of ether oxygens (including phenoxy) is 2. The summed E-state index contributed by atoms with van der Waals surface area (Å²) < 4.78 is 38.4. The fourth-order valence-corrected chi connectivity index (χ4v) is 5.28. The van der Waals surface area contributed by atoms with E-state index in [0.717, 1.165) is 11.1 Å². The molecule has 0 saturated carbocycles. The summed E-state index contributed by atoms with van der Waals surface area (Å²) in [6, 6.07) is 10.2. The van der Waals surface area contributed by atoms with Crippen LogP contribution in [0.2, 0.25) is 0 Å². The molecule has 1 aliphatic heterocycles. The number of amides is 2. The Morgan fingerprint density at radius 3 is 2.36 bits per heavy atom. The molecule has 0 radical (unpaired) electrons. The average Bonchev–Trinajstić information content (AvgIpc) is 2.82. The van der Waals surface area contributed by atoms with Crippen LogP contribution in [0.1, 0.15) is 34.0 Å². The van der Waals surface area contributed by atoms with Crippen LogP contribution in [0.15, 0.2) is 41.3 Å². The van der Waals surface area contributed by atoms with Crippen molar-refractivity contribution < 1.29 is 27.5 Å². The number of para-hydroxylation sites is 1. The highest BCUT2D eigenvalue weighted by Gasteiger charge is 2.29. The van der Waals surface area contributed by atoms with Gasteiger partial charge in [0.05, 0.1) is 18.1 Å². The second-order valence-electron chi connectivity index (χ2n) is 7.70. The van der Waals surface area contributed by atoms with Gasteiger partial charge in [0.1, 0.15) is 5.75 Å². The molecule has 3 rings (SSSR count). The Kier molecular flexibility index (Phi) is 8.06. The molecule has 178 valence electrons. The standard InChI is InChI=1S/C23H29N3O6S/c1-4-18-8-9-19(14-20(18)33(29,30)26-10-12-31-13-11-26)23(28)25-24-21(27)15-32-22-16(2)6-5-7-17(22)3/h5-9,14H,4,10-13,15H2,1-3H3,(H,24,27)(H,25,28). The third-order valence-electron chi connectivity index (χ3n) is 5.37. The Balaban J connectivity index is 1.66. The number of carbonyl (C=O) groups excluding carboxylic acids is 2. The van der Waals surface area contributed by atoms with Gasteiger partial charge in [-0.05, 0) is 49.1 Å². The maximum atomic E-state index is 13.1. The lowest BCUT2D eigenvalue weighted by atomic mass is 10.1. The molecule has 9 nitrogen and oxygen atoms in total. The highest BCUT2D eigenvalue weighted by Crippen LogP contribution is 2.24. The van der Waals surface area contributed by atoms with Crippen molar-refractivity contribution in [2.75, 3.05) is 32.9 Å². The molecule has 2 N–H and O–H groups in total. The van der Waals surface area contributed by atoms with E-state index in [1.165, 1.54) is 16.4 Å². The van der Waals surface area contributed by atoms with Crippen molar-refractivity contribution in [3.8, 4) is 5.75 Å². The van der Waals surface area contributed by atoms with Gasteiger partial charge in [-0.15, -0.1) is 0 Å². The Labute approximate surface area is 194 Å². The van der Waals surface area contributed by atoms with E-state index in [1.54, 1.807) is 6.07 Å². The number of carbonyl (C=O) groups is 2. The molecular formula is C23H29N3O6S. The number of nitrogens with zero attached hydrogens (tertiary/aromatic N) is 1. The Hall–Kier alpha value is -2.95. The quantitative estimate of drug-likeness (QED) is 0.590. The van der Waals surface area contributed by atoms with Gasteiger partial charge in [0.2, 0.25) is 10.0 Å². The summed E-state index contributed by atoms with van der Waals surface area (Å²) in [5, 5.41) is 0. The molecule has 0 atom stereocenters. The fourth-order valence-electron chi connectivity index (χ4n) is 3.55. The number of hydrogen-bond acceptors (Lipinski definition) is 6. The molecule has 10 heteroatoms. The van der Waals surface area contributed by atoms with Crippen LogP contribution in [-0.4, -0.2) is 57.4 Å². The van der Waals surface area contributed by atoms with Crippen molar-refractivity contribution in [2.45, 2.75) is 32.1 Å². The Bertz CT molecular complexity index is 1110. The second kappa shape index (κ2) is 10.8. The van der Waals surface area contributed by atoms with E-state index in [0.29, 0.717) is 30.9 Å². The lowest BCUT2D eigenvalue weighted by Crippen LogP contribution is -2.44. The second-order valence-corrected chi connectivity index (χ2v) is 9.61. The number of benzene rings is 2. The van der Waals surface area contributed by atoms with Crippen molar-refractivity contribution >= 4 is 21.8 Å². The van der Waals surface area contributed by atoms with Crippen LogP contribution in [0.5, 0.6) is 5.75 Å². The van der Waals surface area contributed by atoms with Gasteiger partial charge in [-0.2, -0.15) is 4.31 Å². The zero-order valence-corrected chi connectivity index (χ0v) is 19.8. The Morgan fingerprint density at radius 1 is 1.06 bits per heavy atom. The lowest BCUT2D eigenvalue weighted by molar-refractivity contribution is -0.123. The SMILES string of the molecule is CCc1ccc(C(=O)NNC(=O)COc2c(C)cccc2C)cc1S(=O)(=O)N1CCOCC1. The van der Waals surface area contributed by atoms with Crippen LogP contribution in [0.3, 0.4) is 0 Å². The number of aryl methyl sites for hydroxylation is 3. The first kappa shape index (κ1) is 24.7. The first-order chi connectivity index (χ1) is 15.7. The molecule has 0 spiro atoms. The summed E-state index contributed by atoms with van der Waals surface area (Å²) in [4.78, 5) is 24.8. The van der Waals surface area contributed by atoms with Crippen LogP contribution >= 0.6 is 0 Å². The van der Waals surface area contributed by atoms with Crippen molar-refractivity contribution in [1.29, 1.82) is 0 Å². The molecule has 33 heavy (non-hydrogen) atoms. The minimum Gasteiger partial charge on any atom is -0.483 e. The molecular weight excluding hydrogens is 446 g/mol. The maximum Gasteiger partial charge on any atom is 0.276 e. The summed E-state index contributed by atoms with van der Waals surface area (Å²) in [6.07, 6.45) is 0.493. The zero-order chi connectivity index (χ0) is 24.0. The molecule has 1 saturated heterocycles. The molecule has 0 unspecified atom stereocenters. The predicted molar refractivity (Wildman–Crippen MR) is 122 cm³/mol. The summed E-state index contributed by atoms with van der Waals surface area (Å²) in [5.74, 6) is -0.555. The topological polar surface area (TPSA) is 114 Å². The van der Waals surface area contributed by atoms with Gasteiger partial charge in [-0.25, -0.2) is 8.42 Å². The molecule has 2 amide bonds. The lowest BCUT2D eigenvalue weighted by Gasteiger charge is -2.27. The van der Waals surface area contributed by atoms with Crippen molar-refractivity contribution in [1.82, 2.24) is 15.2 Å². The van der Waals surface area contributed by atoms with E-state index in [2.05, 4.69) is 10.9 Å². The zero-order valence-electron chi connectivity index (χ0n) is 19.0. The average molecular weight is 476 g/mol. The third-order valence-corrected chi connectivity index (χ3v) is 7.35.